The zero-order valence-electron chi connectivity index (χ0n) is 18.6. The van der Waals surface area contributed by atoms with Gasteiger partial charge in [-0.05, 0) is 67.1 Å². The summed E-state index contributed by atoms with van der Waals surface area (Å²) in [7, 11) is 0. The topological polar surface area (TPSA) is 79.5 Å². The van der Waals surface area contributed by atoms with Gasteiger partial charge in [-0.3, -0.25) is 14.6 Å². The van der Waals surface area contributed by atoms with E-state index < -0.39 is 24.4 Å². The van der Waals surface area contributed by atoms with Crippen molar-refractivity contribution in [2.75, 3.05) is 13.1 Å². The van der Waals surface area contributed by atoms with Gasteiger partial charge in [0, 0.05) is 37.9 Å². The summed E-state index contributed by atoms with van der Waals surface area (Å²) in [4.78, 5) is 32.1. The number of primary amides is 1. The van der Waals surface area contributed by atoms with Gasteiger partial charge in [0.05, 0.1) is 11.3 Å². The molecule has 10 heteroatoms. The molecule has 0 radical (unpaired) electrons. The van der Waals surface area contributed by atoms with Crippen molar-refractivity contribution in [1.29, 1.82) is 0 Å². The minimum atomic E-state index is -4.52. The normalized spacial score (nSPS) is 16.5. The Morgan fingerprint density at radius 1 is 1.30 bits per heavy atom. The average molecular weight is 483 g/mol. The van der Waals surface area contributed by atoms with Crippen molar-refractivity contribution in [3.8, 4) is 0 Å². The van der Waals surface area contributed by atoms with Crippen LogP contribution in [0.3, 0.4) is 0 Å². The molecule has 1 aliphatic rings. The number of hydrogen-bond acceptors (Lipinski definition) is 5. The number of aryl methyl sites for hydroxylation is 1. The third-order valence-corrected chi connectivity index (χ3v) is 6.85. The van der Waals surface area contributed by atoms with Crippen LogP contribution >= 0.6 is 11.3 Å². The summed E-state index contributed by atoms with van der Waals surface area (Å²) in [6.45, 7) is 3.67. The lowest BCUT2D eigenvalue weighted by atomic mass is 9.98. The van der Waals surface area contributed by atoms with Crippen molar-refractivity contribution in [2.45, 2.75) is 63.8 Å². The number of rotatable bonds is 9. The van der Waals surface area contributed by atoms with Crippen molar-refractivity contribution in [3.05, 3.63) is 52.0 Å². The van der Waals surface area contributed by atoms with E-state index in [1.54, 1.807) is 18.3 Å². The maximum Gasteiger partial charge on any atom is 0.397 e. The van der Waals surface area contributed by atoms with Gasteiger partial charge in [-0.2, -0.15) is 24.5 Å². The number of likely N-dealkylation sites (tertiary alicyclic amines) is 1. The number of amides is 2. The highest BCUT2D eigenvalue weighted by Gasteiger charge is 2.37. The first-order valence-electron chi connectivity index (χ1n) is 11.0. The molecule has 33 heavy (non-hydrogen) atoms. The van der Waals surface area contributed by atoms with Crippen molar-refractivity contribution >= 4 is 23.2 Å². The molecule has 0 bridgehead atoms. The molecule has 1 aliphatic heterocycles. The third-order valence-electron chi connectivity index (χ3n) is 6.12. The Morgan fingerprint density at radius 3 is 2.64 bits per heavy atom. The van der Waals surface area contributed by atoms with Crippen molar-refractivity contribution < 1.29 is 22.8 Å². The molecule has 2 amide bonds. The Balaban J connectivity index is 1.58. The summed E-state index contributed by atoms with van der Waals surface area (Å²) in [5.41, 5.74) is 7.38. The van der Waals surface area contributed by atoms with Gasteiger partial charge in [0.15, 0.2) is 0 Å². The highest BCUT2D eigenvalue weighted by atomic mass is 32.1. The smallest absolute Gasteiger partial charge is 0.366 e. The van der Waals surface area contributed by atoms with Crippen LogP contribution in [0.25, 0.3) is 0 Å². The Labute approximate surface area is 195 Å². The van der Waals surface area contributed by atoms with Crippen LogP contribution in [-0.4, -0.2) is 57.9 Å². The highest BCUT2D eigenvalue weighted by Crippen LogP contribution is 2.27. The molecule has 0 spiro atoms. The number of pyridine rings is 1. The molecule has 1 fully saturated rings. The number of hydrogen-bond donors (Lipinski definition) is 1. The fraction of sp³-hybridized carbons (Fsp3) is 0.522. The van der Waals surface area contributed by atoms with Crippen LogP contribution < -0.4 is 5.73 Å². The Morgan fingerprint density at radius 2 is 2.03 bits per heavy atom. The van der Waals surface area contributed by atoms with E-state index in [4.69, 9.17) is 5.73 Å². The zero-order valence-corrected chi connectivity index (χ0v) is 19.4. The summed E-state index contributed by atoms with van der Waals surface area (Å²) in [6, 6.07) is 5.17. The molecule has 2 aromatic heterocycles. The lowest BCUT2D eigenvalue weighted by Gasteiger charge is -2.41. The van der Waals surface area contributed by atoms with E-state index in [-0.39, 0.29) is 18.6 Å². The van der Waals surface area contributed by atoms with Crippen molar-refractivity contribution in [1.82, 2.24) is 14.8 Å². The van der Waals surface area contributed by atoms with E-state index in [0.717, 1.165) is 12.0 Å². The number of nitrogens with two attached hydrogens (primary N) is 1. The minimum absolute atomic E-state index is 0.199. The van der Waals surface area contributed by atoms with Gasteiger partial charge in [-0.15, -0.1) is 0 Å². The van der Waals surface area contributed by atoms with E-state index in [9.17, 15) is 22.8 Å². The van der Waals surface area contributed by atoms with E-state index in [1.807, 2.05) is 16.8 Å². The van der Waals surface area contributed by atoms with Crippen LogP contribution in [0.15, 0.2) is 35.2 Å². The van der Waals surface area contributed by atoms with Gasteiger partial charge in [0.25, 0.3) is 5.91 Å². The van der Waals surface area contributed by atoms with E-state index >= 15 is 0 Å². The first-order chi connectivity index (χ1) is 15.6. The molecular formula is C23H29F3N4O2S. The minimum Gasteiger partial charge on any atom is -0.366 e. The average Bonchev–Trinajstić information content (AvgIpc) is 3.28. The molecule has 1 saturated heterocycles. The van der Waals surface area contributed by atoms with E-state index in [2.05, 4.69) is 16.8 Å². The second kappa shape index (κ2) is 11.1. The monoisotopic (exact) mass is 482 g/mol. The van der Waals surface area contributed by atoms with Gasteiger partial charge in [-0.25, -0.2) is 0 Å². The Hall–Kier alpha value is -2.46. The largest absolute Gasteiger partial charge is 0.397 e. The molecule has 3 heterocycles. The number of thiophene rings is 1. The number of halogens is 3. The maximum absolute atomic E-state index is 12.9. The van der Waals surface area contributed by atoms with Crippen LogP contribution in [0.1, 0.15) is 54.2 Å². The molecular weight excluding hydrogens is 453 g/mol. The molecule has 0 aliphatic carbocycles. The van der Waals surface area contributed by atoms with Crippen molar-refractivity contribution in [2.24, 2.45) is 5.73 Å². The van der Waals surface area contributed by atoms with Crippen LogP contribution in [0.2, 0.25) is 0 Å². The molecule has 1 atom stereocenters. The van der Waals surface area contributed by atoms with Crippen LogP contribution in [0, 0.1) is 0 Å². The lowest BCUT2D eigenvalue weighted by molar-refractivity contribution is -0.164. The van der Waals surface area contributed by atoms with Crippen LogP contribution in [0.4, 0.5) is 13.2 Å². The van der Waals surface area contributed by atoms with E-state index in [1.165, 1.54) is 16.2 Å². The molecule has 6 nitrogen and oxygen atoms in total. The van der Waals surface area contributed by atoms with Gasteiger partial charge in [0.1, 0.15) is 6.42 Å². The fourth-order valence-electron chi connectivity index (χ4n) is 4.30. The van der Waals surface area contributed by atoms with Crippen LogP contribution in [0.5, 0.6) is 0 Å². The maximum atomic E-state index is 12.9. The fourth-order valence-corrected chi connectivity index (χ4v) is 4.96. The number of aromatic nitrogens is 1. The number of alkyl halides is 3. The molecule has 2 N–H and O–H groups in total. The predicted octanol–water partition coefficient (Wildman–Crippen LogP) is 4.01. The summed E-state index contributed by atoms with van der Waals surface area (Å²) in [6.07, 6.45) is -1.70. The van der Waals surface area contributed by atoms with Crippen molar-refractivity contribution in [3.63, 3.8) is 0 Å². The zero-order chi connectivity index (χ0) is 24.0. The summed E-state index contributed by atoms with van der Waals surface area (Å²) in [5, 5.41) is 3.72. The lowest BCUT2D eigenvalue weighted by Crippen LogP contribution is -2.49. The third kappa shape index (κ3) is 7.26. The molecule has 2 aromatic rings. The SMILES string of the molecule is C[C@H](CCc1ncccc1C(N)=O)N1CCC(N(Cc2ccsc2)C(=O)CC(F)(F)F)CC1. The molecule has 0 saturated carbocycles. The summed E-state index contributed by atoms with van der Waals surface area (Å²) in [5.74, 6) is -1.37. The first kappa shape index (κ1) is 25.2. The molecule has 0 aromatic carbocycles. The number of carbonyl (C=O) groups excluding carboxylic acids is 2. The van der Waals surface area contributed by atoms with Gasteiger partial charge in [-0.1, -0.05) is 0 Å². The predicted molar refractivity (Wildman–Crippen MR) is 121 cm³/mol. The summed E-state index contributed by atoms with van der Waals surface area (Å²) >= 11 is 1.46. The second-order valence-electron chi connectivity index (χ2n) is 8.46. The molecule has 180 valence electrons. The quantitative estimate of drug-likeness (QED) is 0.586. The van der Waals surface area contributed by atoms with E-state index in [0.29, 0.717) is 43.6 Å². The summed E-state index contributed by atoms with van der Waals surface area (Å²) < 4.78 is 38.7. The van der Waals surface area contributed by atoms with Crippen LogP contribution in [-0.2, 0) is 17.8 Å². The number of piperidine rings is 1. The van der Waals surface area contributed by atoms with Gasteiger partial charge in [0.2, 0.25) is 5.91 Å². The Bertz CT molecular complexity index is 928. The van der Waals surface area contributed by atoms with Gasteiger partial charge >= 0.3 is 6.18 Å². The first-order valence-corrected chi connectivity index (χ1v) is 11.9. The standard InChI is InChI=1S/C23H29F3N4O2S/c1-16(4-5-20-19(22(27)32)3-2-9-28-20)29-10-6-18(7-11-29)30(14-17-8-12-33-15-17)21(31)13-23(24,25)26/h2-3,8-9,12,15-16,18H,4-7,10-11,13-14H2,1H3,(H2,27,32)/t16-/m1/s1. The number of nitrogens with zero attached hydrogens (tertiary/aromatic N) is 3. The molecule has 3 rings (SSSR count). The molecule has 0 unspecified atom stereocenters. The van der Waals surface area contributed by atoms with Gasteiger partial charge < -0.3 is 15.5 Å². The Kier molecular flexibility index (Phi) is 8.47. The second-order valence-corrected chi connectivity index (χ2v) is 9.24. The number of carbonyl (C=O) groups is 2. The highest BCUT2D eigenvalue weighted by molar-refractivity contribution is 7.07.